The van der Waals surface area contributed by atoms with Crippen molar-refractivity contribution in [3.05, 3.63) is 34.6 Å². The van der Waals surface area contributed by atoms with Gasteiger partial charge in [-0.25, -0.2) is 9.87 Å². The highest BCUT2D eigenvalue weighted by Gasteiger charge is 2.22. The molecule has 0 aliphatic rings. The summed E-state index contributed by atoms with van der Waals surface area (Å²) in [6.45, 7) is 7.26. The third-order valence-corrected chi connectivity index (χ3v) is 3.20. The molecule has 0 unspecified atom stereocenters. The molecule has 0 bridgehead atoms. The molecule has 0 spiro atoms. The largest absolute Gasteiger partial charge is 0.289 e. The third kappa shape index (κ3) is 3.29. The first-order chi connectivity index (χ1) is 8.36. The molecular formula is C14H20FNO2. The van der Waals surface area contributed by atoms with Crippen molar-refractivity contribution in [2.24, 2.45) is 11.8 Å². The number of hydrogen-bond donors (Lipinski definition) is 2. The minimum Gasteiger partial charge on any atom is -0.289 e. The summed E-state index contributed by atoms with van der Waals surface area (Å²) in [6, 6.07) is 3.50. The molecule has 1 atom stereocenters. The summed E-state index contributed by atoms with van der Waals surface area (Å²) >= 11 is 0. The SMILES string of the molecule is Cc1cc(C[C@@H](C(=O)NO)C(C)C)cc(C)c1F. The Labute approximate surface area is 107 Å². The highest BCUT2D eigenvalue weighted by Crippen LogP contribution is 2.21. The van der Waals surface area contributed by atoms with Gasteiger partial charge in [0.2, 0.25) is 5.91 Å². The van der Waals surface area contributed by atoms with Gasteiger partial charge in [0.25, 0.3) is 0 Å². The number of hydroxylamine groups is 1. The van der Waals surface area contributed by atoms with E-state index in [0.29, 0.717) is 17.5 Å². The fraction of sp³-hybridized carbons (Fsp3) is 0.500. The predicted molar refractivity (Wildman–Crippen MR) is 67.8 cm³/mol. The maximum atomic E-state index is 13.5. The zero-order valence-electron chi connectivity index (χ0n) is 11.2. The van der Waals surface area contributed by atoms with Crippen molar-refractivity contribution in [1.82, 2.24) is 5.48 Å². The molecule has 0 fully saturated rings. The summed E-state index contributed by atoms with van der Waals surface area (Å²) in [6.07, 6.45) is 0.492. The Hall–Kier alpha value is -1.42. The molecule has 0 aliphatic heterocycles. The fourth-order valence-corrected chi connectivity index (χ4v) is 2.12. The van der Waals surface area contributed by atoms with Gasteiger partial charge in [0, 0.05) is 5.92 Å². The molecule has 4 heteroatoms. The molecule has 0 saturated carbocycles. The van der Waals surface area contributed by atoms with Gasteiger partial charge in [-0.2, -0.15) is 0 Å². The van der Waals surface area contributed by atoms with E-state index < -0.39 is 5.91 Å². The number of aryl methyl sites for hydroxylation is 2. The summed E-state index contributed by atoms with van der Waals surface area (Å²) in [7, 11) is 0. The minimum atomic E-state index is -0.398. The molecule has 0 aliphatic carbocycles. The van der Waals surface area contributed by atoms with Crippen molar-refractivity contribution in [3.63, 3.8) is 0 Å². The standard InChI is InChI=1S/C14H20FNO2/c1-8(2)12(14(17)16-18)7-11-5-9(3)13(15)10(4)6-11/h5-6,8,12,18H,7H2,1-4H3,(H,16,17)/t12-/m1/s1. The Morgan fingerprint density at radius 2 is 1.83 bits per heavy atom. The van der Waals surface area contributed by atoms with Crippen LogP contribution in [0.2, 0.25) is 0 Å². The van der Waals surface area contributed by atoms with Crippen LogP contribution >= 0.6 is 0 Å². The first-order valence-electron chi connectivity index (χ1n) is 6.06. The van der Waals surface area contributed by atoms with Gasteiger partial charge >= 0.3 is 0 Å². The molecule has 0 heterocycles. The van der Waals surface area contributed by atoms with E-state index in [2.05, 4.69) is 0 Å². The summed E-state index contributed by atoms with van der Waals surface area (Å²) in [5.41, 5.74) is 3.77. The van der Waals surface area contributed by atoms with Gasteiger partial charge in [0.05, 0.1) is 0 Å². The normalized spacial score (nSPS) is 12.6. The number of halogens is 1. The summed E-state index contributed by atoms with van der Waals surface area (Å²) in [4.78, 5) is 11.6. The second-order valence-corrected chi connectivity index (χ2v) is 5.07. The first kappa shape index (κ1) is 14.6. The molecule has 0 aromatic heterocycles. The fourth-order valence-electron chi connectivity index (χ4n) is 2.12. The lowest BCUT2D eigenvalue weighted by molar-refractivity contribution is -0.134. The monoisotopic (exact) mass is 253 g/mol. The highest BCUT2D eigenvalue weighted by molar-refractivity contribution is 5.78. The van der Waals surface area contributed by atoms with Crippen LogP contribution in [0.4, 0.5) is 4.39 Å². The number of amides is 1. The van der Waals surface area contributed by atoms with Crippen LogP contribution in [0.3, 0.4) is 0 Å². The molecular weight excluding hydrogens is 233 g/mol. The predicted octanol–water partition coefficient (Wildman–Crippen LogP) is 2.76. The Kier molecular flexibility index (Phi) is 4.84. The Bertz CT molecular complexity index is 420. The van der Waals surface area contributed by atoms with E-state index >= 15 is 0 Å². The van der Waals surface area contributed by atoms with E-state index in [9.17, 15) is 9.18 Å². The average Bonchev–Trinajstić information content (AvgIpc) is 2.31. The van der Waals surface area contributed by atoms with Gasteiger partial charge in [0.15, 0.2) is 0 Å². The van der Waals surface area contributed by atoms with Crippen molar-refractivity contribution in [2.75, 3.05) is 0 Å². The second kappa shape index (κ2) is 5.96. The molecule has 1 amide bonds. The van der Waals surface area contributed by atoms with Crippen LogP contribution in [0, 0.1) is 31.5 Å². The third-order valence-electron chi connectivity index (χ3n) is 3.20. The van der Waals surface area contributed by atoms with E-state index in [4.69, 9.17) is 5.21 Å². The lowest BCUT2D eigenvalue weighted by atomic mass is 9.87. The van der Waals surface area contributed by atoms with E-state index in [1.165, 1.54) is 0 Å². The van der Waals surface area contributed by atoms with Crippen LogP contribution in [0.1, 0.15) is 30.5 Å². The topological polar surface area (TPSA) is 49.3 Å². The Balaban J connectivity index is 2.98. The van der Waals surface area contributed by atoms with Gasteiger partial charge in [-0.1, -0.05) is 26.0 Å². The zero-order chi connectivity index (χ0) is 13.9. The second-order valence-electron chi connectivity index (χ2n) is 5.07. The van der Waals surface area contributed by atoms with Crippen LogP contribution in [0.25, 0.3) is 0 Å². The van der Waals surface area contributed by atoms with Crippen LogP contribution < -0.4 is 5.48 Å². The van der Waals surface area contributed by atoms with Gasteiger partial charge in [-0.3, -0.25) is 10.0 Å². The smallest absolute Gasteiger partial charge is 0.247 e. The molecule has 1 rings (SSSR count). The van der Waals surface area contributed by atoms with Crippen LogP contribution in [0.5, 0.6) is 0 Å². The van der Waals surface area contributed by atoms with Crippen LogP contribution in [0.15, 0.2) is 12.1 Å². The van der Waals surface area contributed by atoms with Crippen LogP contribution in [-0.4, -0.2) is 11.1 Å². The Morgan fingerprint density at radius 1 is 1.33 bits per heavy atom. The number of carbonyl (C=O) groups is 1. The molecule has 1 aromatic carbocycles. The molecule has 100 valence electrons. The molecule has 3 nitrogen and oxygen atoms in total. The molecule has 0 saturated heterocycles. The van der Waals surface area contributed by atoms with Crippen molar-refractivity contribution in [1.29, 1.82) is 0 Å². The zero-order valence-corrected chi connectivity index (χ0v) is 11.2. The number of nitrogens with one attached hydrogen (secondary N) is 1. The lowest BCUT2D eigenvalue weighted by Crippen LogP contribution is -2.32. The number of benzene rings is 1. The average molecular weight is 253 g/mol. The minimum absolute atomic E-state index is 0.0998. The number of hydrogen-bond acceptors (Lipinski definition) is 2. The van der Waals surface area contributed by atoms with E-state index in [-0.39, 0.29) is 17.7 Å². The summed E-state index contributed by atoms with van der Waals surface area (Å²) in [5.74, 6) is -0.821. The molecule has 18 heavy (non-hydrogen) atoms. The quantitative estimate of drug-likeness (QED) is 0.640. The molecule has 1 aromatic rings. The van der Waals surface area contributed by atoms with Gasteiger partial charge in [0.1, 0.15) is 5.82 Å². The lowest BCUT2D eigenvalue weighted by Gasteiger charge is -2.19. The summed E-state index contributed by atoms with van der Waals surface area (Å²) < 4.78 is 13.5. The van der Waals surface area contributed by atoms with Crippen molar-refractivity contribution in [3.8, 4) is 0 Å². The van der Waals surface area contributed by atoms with E-state index in [1.807, 2.05) is 13.8 Å². The summed E-state index contributed by atoms with van der Waals surface area (Å²) in [5, 5.41) is 8.73. The van der Waals surface area contributed by atoms with Gasteiger partial charge < -0.3 is 0 Å². The van der Waals surface area contributed by atoms with Crippen molar-refractivity contribution < 1.29 is 14.4 Å². The Morgan fingerprint density at radius 3 is 2.22 bits per heavy atom. The van der Waals surface area contributed by atoms with Crippen molar-refractivity contribution >= 4 is 5.91 Å². The maximum absolute atomic E-state index is 13.5. The molecule has 0 radical (unpaired) electrons. The van der Waals surface area contributed by atoms with Gasteiger partial charge in [-0.15, -0.1) is 0 Å². The maximum Gasteiger partial charge on any atom is 0.247 e. The van der Waals surface area contributed by atoms with E-state index in [0.717, 1.165) is 5.56 Å². The van der Waals surface area contributed by atoms with Crippen molar-refractivity contribution in [2.45, 2.75) is 34.1 Å². The van der Waals surface area contributed by atoms with Gasteiger partial charge in [-0.05, 0) is 42.9 Å². The first-order valence-corrected chi connectivity index (χ1v) is 6.06. The van der Waals surface area contributed by atoms with E-state index in [1.54, 1.807) is 31.5 Å². The highest BCUT2D eigenvalue weighted by atomic mass is 19.1. The molecule has 2 N–H and O–H groups in total. The van der Waals surface area contributed by atoms with Crippen LogP contribution in [-0.2, 0) is 11.2 Å². The number of rotatable bonds is 4. The number of carbonyl (C=O) groups excluding carboxylic acids is 1.